The zero-order valence-electron chi connectivity index (χ0n) is 24.3. The summed E-state index contributed by atoms with van der Waals surface area (Å²) in [6.45, 7) is 0.618. The van der Waals surface area contributed by atoms with Gasteiger partial charge in [0.15, 0.2) is 0 Å². The lowest BCUT2D eigenvalue weighted by Crippen LogP contribution is -2.52. The minimum absolute atomic E-state index is 0. The molecule has 0 aliphatic heterocycles. The second kappa shape index (κ2) is 13.9. The maximum absolute atomic E-state index is 14.2. The third-order valence-electron chi connectivity index (χ3n) is 8.41. The summed E-state index contributed by atoms with van der Waals surface area (Å²) < 4.78 is 0. The Balaban J connectivity index is 0.00000384. The fraction of sp³-hybridized carbons (Fsp3) is 0.387. The number of nitrogens with two attached hydrogens (primary N) is 2. The normalized spacial score (nSPS) is 18.6. The molecule has 2 aliphatic carbocycles. The first kappa shape index (κ1) is 31.0. The van der Waals surface area contributed by atoms with Crippen LogP contribution in [0.2, 0.25) is 0 Å². The Morgan fingerprint density at radius 1 is 0.955 bits per heavy atom. The lowest BCUT2D eigenvalue weighted by atomic mass is 9.81. The van der Waals surface area contributed by atoms with Crippen molar-refractivity contribution in [3.8, 4) is 22.5 Å². The number of nitrogens with zero attached hydrogens (tertiary/aromatic N) is 6. The molecule has 12 nitrogen and oxygen atoms in total. The van der Waals surface area contributed by atoms with E-state index in [1.807, 2.05) is 36.4 Å². The standard InChI is InChI=1S/C31H36N10O2.ClH/c32-16-19-4-6-22(7-5-19)30(43)41(26-12-8-21(9-13-26)29-37-39-40-38-29)27(28(33)42)15-20-2-1-3-23(14-20)24-17-34-31(35-18-24)36-25-10-11-25;/h1-3,8-9,12-14,17-19,22,25,27H,4-7,10-11,15-16,32H2,(H2,33,42)(H,34,35,36)(H,37,38,39,40);1H/t19?,22?,27-;/m0./s1. The minimum Gasteiger partial charge on any atom is -0.368 e. The van der Waals surface area contributed by atoms with E-state index in [0.717, 1.165) is 60.8 Å². The molecule has 6 N–H and O–H groups in total. The quantitative estimate of drug-likeness (QED) is 0.196. The van der Waals surface area contributed by atoms with Crippen LogP contribution in [0.15, 0.2) is 60.9 Å². The molecule has 0 unspecified atom stereocenters. The average molecular weight is 617 g/mol. The van der Waals surface area contributed by atoms with Crippen LogP contribution >= 0.6 is 12.4 Å². The molecule has 0 saturated heterocycles. The number of benzene rings is 2. The van der Waals surface area contributed by atoms with Gasteiger partial charge in [0.25, 0.3) is 0 Å². The molecule has 6 rings (SSSR count). The smallest absolute Gasteiger partial charge is 0.240 e. The third-order valence-corrected chi connectivity index (χ3v) is 8.41. The van der Waals surface area contributed by atoms with Crippen LogP contribution in [-0.2, 0) is 16.0 Å². The van der Waals surface area contributed by atoms with E-state index < -0.39 is 11.9 Å². The molecule has 0 bridgehead atoms. The Morgan fingerprint density at radius 3 is 2.30 bits per heavy atom. The van der Waals surface area contributed by atoms with Gasteiger partial charge in [0.1, 0.15) is 6.04 Å². The van der Waals surface area contributed by atoms with Crippen molar-refractivity contribution < 1.29 is 9.59 Å². The topological polar surface area (TPSA) is 182 Å². The number of amides is 2. The number of carbonyl (C=O) groups is 2. The highest BCUT2D eigenvalue weighted by Crippen LogP contribution is 2.33. The second-order valence-electron chi connectivity index (χ2n) is 11.5. The zero-order valence-corrected chi connectivity index (χ0v) is 25.1. The van der Waals surface area contributed by atoms with Crippen molar-refractivity contribution in [3.63, 3.8) is 0 Å². The predicted molar refractivity (Wildman–Crippen MR) is 170 cm³/mol. The van der Waals surface area contributed by atoms with Gasteiger partial charge < -0.3 is 16.8 Å². The molecule has 13 heteroatoms. The maximum Gasteiger partial charge on any atom is 0.240 e. The van der Waals surface area contributed by atoms with E-state index in [2.05, 4.69) is 35.9 Å². The van der Waals surface area contributed by atoms with Crippen LogP contribution < -0.4 is 21.7 Å². The number of nitrogens with one attached hydrogen (secondary N) is 2. The van der Waals surface area contributed by atoms with Crippen molar-refractivity contribution in [3.05, 3.63) is 66.5 Å². The summed E-state index contributed by atoms with van der Waals surface area (Å²) in [5.74, 6) is 0.589. The van der Waals surface area contributed by atoms with Crippen molar-refractivity contribution in [2.75, 3.05) is 16.8 Å². The number of hydrogen-bond acceptors (Lipinski definition) is 9. The fourth-order valence-corrected chi connectivity index (χ4v) is 5.74. The lowest BCUT2D eigenvalue weighted by molar-refractivity contribution is -0.127. The van der Waals surface area contributed by atoms with E-state index in [-0.39, 0.29) is 30.7 Å². The second-order valence-corrected chi connectivity index (χ2v) is 11.5. The molecule has 2 aliphatic rings. The third kappa shape index (κ3) is 7.20. The number of hydrogen-bond donors (Lipinski definition) is 4. The van der Waals surface area contributed by atoms with Crippen LogP contribution in [0.1, 0.15) is 44.1 Å². The van der Waals surface area contributed by atoms with E-state index in [4.69, 9.17) is 11.5 Å². The summed E-state index contributed by atoms with van der Waals surface area (Å²) >= 11 is 0. The minimum atomic E-state index is -0.896. The number of aromatic amines is 1. The van der Waals surface area contributed by atoms with Crippen molar-refractivity contribution in [1.82, 2.24) is 30.6 Å². The highest BCUT2D eigenvalue weighted by atomic mass is 35.5. The molecule has 4 aromatic rings. The Hall–Kier alpha value is -4.42. The molecule has 230 valence electrons. The van der Waals surface area contributed by atoms with Gasteiger partial charge in [-0.3, -0.25) is 14.5 Å². The van der Waals surface area contributed by atoms with Gasteiger partial charge in [0.2, 0.25) is 23.6 Å². The molecular weight excluding hydrogens is 580 g/mol. The van der Waals surface area contributed by atoms with E-state index in [1.165, 1.54) is 0 Å². The summed E-state index contributed by atoms with van der Waals surface area (Å²) in [6.07, 6.45) is 9.35. The number of primary amides is 1. The largest absolute Gasteiger partial charge is 0.368 e. The molecular formula is C31H37ClN10O2. The summed E-state index contributed by atoms with van der Waals surface area (Å²) in [7, 11) is 0. The Kier molecular flexibility index (Phi) is 9.81. The molecule has 2 saturated carbocycles. The summed E-state index contributed by atoms with van der Waals surface area (Å²) in [5, 5.41) is 17.4. The molecule has 2 amide bonds. The number of carbonyl (C=O) groups excluding carboxylic acids is 2. The van der Waals surface area contributed by atoms with Crippen molar-refractivity contribution in [2.24, 2.45) is 23.3 Å². The van der Waals surface area contributed by atoms with Gasteiger partial charge >= 0.3 is 0 Å². The molecule has 0 radical (unpaired) electrons. The number of aromatic nitrogens is 6. The Morgan fingerprint density at radius 2 is 1.68 bits per heavy atom. The van der Waals surface area contributed by atoms with Crippen LogP contribution in [-0.4, -0.2) is 61.0 Å². The van der Waals surface area contributed by atoms with Crippen molar-refractivity contribution in [1.29, 1.82) is 0 Å². The molecule has 2 aromatic carbocycles. The summed E-state index contributed by atoms with van der Waals surface area (Å²) in [5.41, 5.74) is 15.9. The first-order chi connectivity index (χ1) is 21.0. The van der Waals surface area contributed by atoms with Crippen LogP contribution in [0.25, 0.3) is 22.5 Å². The van der Waals surface area contributed by atoms with E-state index in [0.29, 0.717) is 36.0 Å². The van der Waals surface area contributed by atoms with Gasteiger partial charge in [0, 0.05) is 47.6 Å². The Labute approximate surface area is 261 Å². The highest BCUT2D eigenvalue weighted by molar-refractivity contribution is 6.01. The number of H-pyrrole nitrogens is 1. The zero-order chi connectivity index (χ0) is 29.8. The maximum atomic E-state index is 14.2. The highest BCUT2D eigenvalue weighted by Gasteiger charge is 2.36. The van der Waals surface area contributed by atoms with Gasteiger partial charge in [-0.25, -0.2) is 9.97 Å². The first-order valence-electron chi connectivity index (χ1n) is 14.8. The van der Waals surface area contributed by atoms with Crippen LogP contribution in [0.5, 0.6) is 0 Å². The Bertz CT molecular complexity index is 1540. The summed E-state index contributed by atoms with van der Waals surface area (Å²) in [4.78, 5) is 37.8. The van der Waals surface area contributed by atoms with Gasteiger partial charge in [0.05, 0.1) is 0 Å². The number of rotatable bonds is 11. The van der Waals surface area contributed by atoms with Crippen molar-refractivity contribution >= 4 is 35.9 Å². The fourth-order valence-electron chi connectivity index (χ4n) is 5.74. The van der Waals surface area contributed by atoms with Crippen molar-refractivity contribution in [2.45, 2.75) is 57.0 Å². The first-order valence-corrected chi connectivity index (χ1v) is 14.8. The molecule has 44 heavy (non-hydrogen) atoms. The predicted octanol–water partition coefficient (Wildman–Crippen LogP) is 3.51. The van der Waals surface area contributed by atoms with Crippen LogP contribution in [0.4, 0.5) is 11.6 Å². The molecule has 2 heterocycles. The monoisotopic (exact) mass is 616 g/mol. The number of anilines is 2. The van der Waals surface area contributed by atoms with Gasteiger partial charge in [-0.15, -0.1) is 22.6 Å². The molecule has 2 fully saturated rings. The SMILES string of the molecule is Cl.NCC1CCC(C(=O)N(c2ccc(-c3nn[nH]n3)cc2)[C@@H](Cc2cccc(-c3cnc(NC4CC4)nc3)c2)C(N)=O)CC1. The van der Waals surface area contributed by atoms with Gasteiger partial charge in [-0.1, -0.05) is 24.3 Å². The molecule has 0 spiro atoms. The van der Waals surface area contributed by atoms with Gasteiger partial charge in [-0.05, 0) is 91.6 Å². The lowest BCUT2D eigenvalue weighted by Gasteiger charge is -2.35. The van der Waals surface area contributed by atoms with Gasteiger partial charge in [-0.2, -0.15) is 5.21 Å². The van der Waals surface area contributed by atoms with Crippen LogP contribution in [0.3, 0.4) is 0 Å². The van der Waals surface area contributed by atoms with Crippen LogP contribution in [0, 0.1) is 11.8 Å². The van der Waals surface area contributed by atoms with E-state index in [1.54, 1.807) is 29.4 Å². The van der Waals surface area contributed by atoms with E-state index >= 15 is 0 Å². The number of halogens is 1. The van der Waals surface area contributed by atoms with E-state index in [9.17, 15) is 9.59 Å². The summed E-state index contributed by atoms with van der Waals surface area (Å²) in [6, 6.07) is 14.6. The molecule has 1 atom stereocenters. The average Bonchev–Trinajstić information content (AvgIpc) is 3.69. The number of tetrazole rings is 1. The molecule has 2 aromatic heterocycles.